The van der Waals surface area contributed by atoms with Gasteiger partial charge in [-0.25, -0.2) is 0 Å². The van der Waals surface area contributed by atoms with Crippen LogP contribution in [-0.2, 0) is 6.42 Å². The summed E-state index contributed by atoms with van der Waals surface area (Å²) in [7, 11) is 0. The Morgan fingerprint density at radius 1 is 1.12 bits per heavy atom. The molecule has 1 aromatic rings. The highest BCUT2D eigenvalue weighted by Gasteiger charge is 2.04. The van der Waals surface area contributed by atoms with Crippen LogP contribution in [0, 0.1) is 0 Å². The molecule has 0 spiro atoms. The van der Waals surface area contributed by atoms with Crippen molar-refractivity contribution in [3.8, 4) is 0 Å². The summed E-state index contributed by atoms with van der Waals surface area (Å²) in [5.41, 5.74) is 4.37. The minimum atomic E-state index is 1.11. The van der Waals surface area contributed by atoms with Crippen molar-refractivity contribution in [1.29, 1.82) is 0 Å². The lowest BCUT2D eigenvalue weighted by atomic mass is 10.00. The average molecular weight is 215 g/mol. The highest BCUT2D eigenvalue weighted by molar-refractivity contribution is 5.66. The molecule has 1 heteroatoms. The van der Waals surface area contributed by atoms with E-state index in [2.05, 4.69) is 42.6 Å². The molecule has 1 nitrogen and oxygen atoms in total. The van der Waals surface area contributed by atoms with Crippen LogP contribution in [0.15, 0.2) is 30.3 Å². The highest BCUT2D eigenvalue weighted by atomic mass is 14.8. The number of hydrogen-bond acceptors (Lipinski definition) is 1. The van der Waals surface area contributed by atoms with E-state index in [1.807, 2.05) is 0 Å². The molecule has 0 atom stereocenters. The van der Waals surface area contributed by atoms with E-state index < -0.39 is 0 Å². The Morgan fingerprint density at radius 2 is 1.94 bits per heavy atom. The molecule has 0 radical (unpaired) electrons. The van der Waals surface area contributed by atoms with E-state index in [4.69, 9.17) is 0 Å². The smallest absolute Gasteiger partial charge is 0.000812 e. The molecular weight excluding hydrogens is 194 g/mol. The lowest BCUT2D eigenvalue weighted by Crippen LogP contribution is -2.13. The Morgan fingerprint density at radius 3 is 2.69 bits per heavy atom. The summed E-state index contributed by atoms with van der Waals surface area (Å²) in [6, 6.07) is 9.11. The van der Waals surface area contributed by atoms with Gasteiger partial charge in [-0.1, -0.05) is 43.7 Å². The molecule has 1 heterocycles. The van der Waals surface area contributed by atoms with Gasteiger partial charge in [-0.15, -0.1) is 0 Å². The maximum Gasteiger partial charge on any atom is -0.000812 e. The van der Waals surface area contributed by atoms with E-state index >= 15 is 0 Å². The molecule has 16 heavy (non-hydrogen) atoms. The standard InChI is InChI=1S/C15H21N/c1-2-4-13-6-8-15(9-7-13)14-5-3-11-16-12-10-14/h5-9,16H,2-4,10-12H2,1H3. The molecule has 2 rings (SSSR count). The normalized spacial score (nSPS) is 16.7. The summed E-state index contributed by atoms with van der Waals surface area (Å²) >= 11 is 0. The second-order valence-corrected chi connectivity index (χ2v) is 4.46. The Bertz CT molecular complexity index is 348. The predicted molar refractivity (Wildman–Crippen MR) is 70.5 cm³/mol. The quantitative estimate of drug-likeness (QED) is 0.814. The zero-order valence-electron chi connectivity index (χ0n) is 10.1. The van der Waals surface area contributed by atoms with E-state index in [1.165, 1.54) is 29.5 Å². The molecule has 0 saturated heterocycles. The van der Waals surface area contributed by atoms with Crippen molar-refractivity contribution in [2.45, 2.75) is 32.6 Å². The first-order chi connectivity index (χ1) is 7.90. The molecule has 86 valence electrons. The van der Waals surface area contributed by atoms with E-state index in [1.54, 1.807) is 0 Å². The molecule has 0 amide bonds. The average Bonchev–Trinajstić information content (AvgIpc) is 2.59. The Balaban J connectivity index is 2.10. The largest absolute Gasteiger partial charge is 0.316 e. The second kappa shape index (κ2) is 5.86. The van der Waals surface area contributed by atoms with Crippen LogP contribution >= 0.6 is 0 Å². The van der Waals surface area contributed by atoms with Crippen LogP contribution < -0.4 is 5.32 Å². The fourth-order valence-corrected chi connectivity index (χ4v) is 2.23. The minimum Gasteiger partial charge on any atom is -0.316 e. The van der Waals surface area contributed by atoms with Gasteiger partial charge in [0.2, 0.25) is 0 Å². The van der Waals surface area contributed by atoms with Gasteiger partial charge in [0.05, 0.1) is 0 Å². The van der Waals surface area contributed by atoms with Crippen LogP contribution in [-0.4, -0.2) is 13.1 Å². The van der Waals surface area contributed by atoms with Crippen molar-refractivity contribution in [3.05, 3.63) is 41.5 Å². The minimum absolute atomic E-state index is 1.11. The summed E-state index contributed by atoms with van der Waals surface area (Å²) in [6.07, 6.45) is 7.13. The Hall–Kier alpha value is -1.08. The summed E-state index contributed by atoms with van der Waals surface area (Å²) in [6.45, 7) is 4.47. The SMILES string of the molecule is CCCc1ccc(C2=CCCNCC2)cc1. The maximum absolute atomic E-state index is 3.43. The van der Waals surface area contributed by atoms with Gasteiger partial charge in [-0.2, -0.15) is 0 Å². The highest BCUT2D eigenvalue weighted by Crippen LogP contribution is 2.20. The number of rotatable bonds is 3. The molecule has 1 aliphatic rings. The fraction of sp³-hybridized carbons (Fsp3) is 0.467. The van der Waals surface area contributed by atoms with Crippen LogP contribution in [0.5, 0.6) is 0 Å². The topological polar surface area (TPSA) is 12.0 Å². The van der Waals surface area contributed by atoms with Gasteiger partial charge >= 0.3 is 0 Å². The van der Waals surface area contributed by atoms with E-state index in [0.717, 1.165) is 25.9 Å². The van der Waals surface area contributed by atoms with Gasteiger partial charge < -0.3 is 5.32 Å². The lowest BCUT2D eigenvalue weighted by molar-refractivity contribution is 0.718. The van der Waals surface area contributed by atoms with E-state index in [9.17, 15) is 0 Å². The molecule has 0 fully saturated rings. The summed E-state index contributed by atoms with van der Waals surface area (Å²) in [4.78, 5) is 0. The van der Waals surface area contributed by atoms with E-state index in [0.29, 0.717) is 0 Å². The van der Waals surface area contributed by atoms with Gasteiger partial charge in [0.1, 0.15) is 0 Å². The summed E-state index contributed by atoms with van der Waals surface area (Å²) in [5, 5.41) is 3.43. The van der Waals surface area contributed by atoms with Crippen LogP contribution in [0.4, 0.5) is 0 Å². The van der Waals surface area contributed by atoms with E-state index in [-0.39, 0.29) is 0 Å². The van der Waals surface area contributed by atoms with Gasteiger partial charge in [-0.05, 0) is 49.1 Å². The van der Waals surface area contributed by atoms with Crippen molar-refractivity contribution in [1.82, 2.24) is 5.32 Å². The summed E-state index contributed by atoms with van der Waals surface area (Å²) < 4.78 is 0. The number of hydrogen-bond donors (Lipinski definition) is 1. The maximum atomic E-state index is 3.43. The van der Waals surface area contributed by atoms with Gasteiger partial charge in [0, 0.05) is 0 Å². The van der Waals surface area contributed by atoms with Gasteiger partial charge in [-0.3, -0.25) is 0 Å². The molecule has 0 bridgehead atoms. The monoisotopic (exact) mass is 215 g/mol. The number of aryl methyl sites for hydroxylation is 1. The fourth-order valence-electron chi connectivity index (χ4n) is 2.23. The van der Waals surface area contributed by atoms with Gasteiger partial charge in [0.15, 0.2) is 0 Å². The van der Waals surface area contributed by atoms with Crippen LogP contribution in [0.25, 0.3) is 5.57 Å². The van der Waals surface area contributed by atoms with Crippen molar-refractivity contribution in [3.63, 3.8) is 0 Å². The first-order valence-corrected chi connectivity index (χ1v) is 6.39. The van der Waals surface area contributed by atoms with Crippen LogP contribution in [0.3, 0.4) is 0 Å². The molecule has 0 aliphatic carbocycles. The zero-order chi connectivity index (χ0) is 11.2. The van der Waals surface area contributed by atoms with Crippen LogP contribution in [0.1, 0.15) is 37.3 Å². The number of benzene rings is 1. The molecule has 1 N–H and O–H groups in total. The third kappa shape index (κ3) is 2.96. The molecule has 0 aromatic heterocycles. The molecule has 0 unspecified atom stereocenters. The third-order valence-corrected chi connectivity index (χ3v) is 3.15. The Kier molecular flexibility index (Phi) is 4.17. The van der Waals surface area contributed by atoms with Gasteiger partial charge in [0.25, 0.3) is 0 Å². The molecule has 1 aromatic carbocycles. The third-order valence-electron chi connectivity index (χ3n) is 3.15. The van der Waals surface area contributed by atoms with Crippen molar-refractivity contribution >= 4 is 5.57 Å². The number of nitrogens with one attached hydrogen (secondary N) is 1. The molecule has 0 saturated carbocycles. The van der Waals surface area contributed by atoms with Crippen molar-refractivity contribution in [2.75, 3.05) is 13.1 Å². The Labute approximate surface area is 98.6 Å². The molecule has 1 aliphatic heterocycles. The zero-order valence-corrected chi connectivity index (χ0v) is 10.1. The second-order valence-electron chi connectivity index (χ2n) is 4.46. The van der Waals surface area contributed by atoms with Crippen LogP contribution in [0.2, 0.25) is 0 Å². The lowest BCUT2D eigenvalue weighted by Gasteiger charge is -2.07. The first-order valence-electron chi connectivity index (χ1n) is 6.39. The van der Waals surface area contributed by atoms with Crippen molar-refractivity contribution < 1.29 is 0 Å². The predicted octanol–water partition coefficient (Wildman–Crippen LogP) is 3.41. The molecular formula is C15H21N. The van der Waals surface area contributed by atoms with Crippen molar-refractivity contribution in [2.24, 2.45) is 0 Å². The summed E-state index contributed by atoms with van der Waals surface area (Å²) in [5.74, 6) is 0. The first kappa shape index (κ1) is 11.4.